The third-order valence-electron chi connectivity index (χ3n) is 2.18. The third-order valence-corrected chi connectivity index (χ3v) is 2.50. The molecule has 0 saturated carbocycles. The molecule has 2 heteroatoms. The molecule has 0 fully saturated rings. The molecule has 1 N–H and O–H groups in total. The number of hydrogen-bond donors (Lipinski definition) is 2. The second-order valence-corrected chi connectivity index (χ2v) is 3.72. The first kappa shape index (κ1) is 11.9. The van der Waals surface area contributed by atoms with Crippen LogP contribution in [0.15, 0.2) is 37.4 Å². The Kier molecular flexibility index (Phi) is 5.05. The van der Waals surface area contributed by atoms with Gasteiger partial charge in [0.25, 0.3) is 0 Å². The highest BCUT2D eigenvalue weighted by Gasteiger charge is 2.01. The monoisotopic (exact) mass is 219 g/mol. The molecule has 0 saturated heterocycles. The molecule has 1 rings (SSSR count). The summed E-state index contributed by atoms with van der Waals surface area (Å²) in [4.78, 5) is 0. The summed E-state index contributed by atoms with van der Waals surface area (Å²) in [6.07, 6.45) is 2.89. The third kappa shape index (κ3) is 3.48. The second-order valence-electron chi connectivity index (χ2n) is 3.27. The van der Waals surface area contributed by atoms with Gasteiger partial charge in [0, 0.05) is 17.8 Å². The molecule has 0 bridgehead atoms. The van der Waals surface area contributed by atoms with Gasteiger partial charge in [0.05, 0.1) is 0 Å². The summed E-state index contributed by atoms with van der Waals surface area (Å²) < 4.78 is 0. The molecule has 0 spiro atoms. The Hall–Kier alpha value is -1.15. The van der Waals surface area contributed by atoms with Crippen molar-refractivity contribution in [2.75, 3.05) is 12.3 Å². The molecule has 0 amide bonds. The van der Waals surface area contributed by atoms with E-state index in [-0.39, 0.29) is 0 Å². The zero-order valence-electron chi connectivity index (χ0n) is 8.87. The fraction of sp³-hybridized carbons (Fsp3) is 0.231. The summed E-state index contributed by atoms with van der Waals surface area (Å²) in [5, 5.41) is 3.28. The first-order chi connectivity index (χ1) is 7.29. The lowest BCUT2D eigenvalue weighted by atomic mass is 10.1. The summed E-state index contributed by atoms with van der Waals surface area (Å²) in [7, 11) is 0. The lowest BCUT2D eigenvalue weighted by Gasteiger charge is -2.11. The van der Waals surface area contributed by atoms with E-state index in [1.165, 1.54) is 0 Å². The van der Waals surface area contributed by atoms with Crippen LogP contribution >= 0.6 is 12.6 Å². The van der Waals surface area contributed by atoms with Crippen LogP contribution in [-0.4, -0.2) is 12.3 Å². The average molecular weight is 219 g/mol. The summed E-state index contributed by atoms with van der Waals surface area (Å²) in [5.74, 6) is 0.892. The van der Waals surface area contributed by atoms with Crippen molar-refractivity contribution in [3.05, 3.63) is 48.6 Å². The highest BCUT2D eigenvalue weighted by atomic mass is 32.1. The first-order valence-corrected chi connectivity index (χ1v) is 5.68. The highest BCUT2D eigenvalue weighted by molar-refractivity contribution is 7.80. The molecule has 0 aliphatic rings. The average Bonchev–Trinajstić information content (AvgIpc) is 2.29. The van der Waals surface area contributed by atoms with Crippen LogP contribution in [0.3, 0.4) is 0 Å². The van der Waals surface area contributed by atoms with Gasteiger partial charge in [-0.2, -0.15) is 12.6 Å². The predicted octanol–water partition coefficient (Wildman–Crippen LogP) is 3.21. The Morgan fingerprint density at radius 1 is 1.40 bits per heavy atom. The fourth-order valence-electron chi connectivity index (χ4n) is 1.36. The van der Waals surface area contributed by atoms with Crippen LogP contribution in [0.4, 0.5) is 0 Å². The predicted molar refractivity (Wildman–Crippen MR) is 72.0 cm³/mol. The van der Waals surface area contributed by atoms with Crippen molar-refractivity contribution in [2.24, 2.45) is 0 Å². The Labute approximate surface area is 97.3 Å². The molecule has 15 heavy (non-hydrogen) atoms. The standard InChI is InChI=1S/C13H17NS/c1-3-12-7-4-5-8-13(12)11(2)14-9-6-10-15/h3-5,7-8,14-15H,1-2,6,9-10H2. The molecule has 0 aromatic heterocycles. The van der Waals surface area contributed by atoms with Gasteiger partial charge in [-0.15, -0.1) is 0 Å². The van der Waals surface area contributed by atoms with Crippen molar-refractivity contribution in [1.82, 2.24) is 5.32 Å². The van der Waals surface area contributed by atoms with Crippen molar-refractivity contribution >= 4 is 24.4 Å². The lowest BCUT2D eigenvalue weighted by molar-refractivity contribution is 0.833. The van der Waals surface area contributed by atoms with E-state index in [2.05, 4.69) is 31.1 Å². The normalized spacial score (nSPS) is 9.67. The van der Waals surface area contributed by atoms with Gasteiger partial charge in [-0.05, 0) is 17.7 Å². The van der Waals surface area contributed by atoms with E-state index in [1.54, 1.807) is 0 Å². The molecule has 0 heterocycles. The van der Waals surface area contributed by atoms with Gasteiger partial charge < -0.3 is 5.32 Å². The minimum Gasteiger partial charge on any atom is -0.385 e. The zero-order chi connectivity index (χ0) is 11.1. The molecular weight excluding hydrogens is 202 g/mol. The maximum atomic E-state index is 4.16. The summed E-state index contributed by atoms with van der Waals surface area (Å²) in [6, 6.07) is 8.09. The van der Waals surface area contributed by atoms with Gasteiger partial charge in [0.1, 0.15) is 0 Å². The topological polar surface area (TPSA) is 12.0 Å². The molecule has 0 aliphatic carbocycles. The Morgan fingerprint density at radius 3 is 2.80 bits per heavy atom. The maximum Gasteiger partial charge on any atom is 0.0346 e. The van der Waals surface area contributed by atoms with Crippen molar-refractivity contribution in [3.8, 4) is 0 Å². The molecule has 0 unspecified atom stereocenters. The quantitative estimate of drug-likeness (QED) is 0.553. The molecule has 80 valence electrons. The molecule has 1 aromatic rings. The number of thiol groups is 1. The second kappa shape index (κ2) is 6.36. The molecule has 0 atom stereocenters. The SMILES string of the molecule is C=Cc1ccccc1C(=C)NCCCS. The minimum absolute atomic E-state index is 0.892. The van der Waals surface area contributed by atoms with Crippen LogP contribution in [0.1, 0.15) is 17.5 Å². The number of rotatable bonds is 6. The zero-order valence-corrected chi connectivity index (χ0v) is 9.76. The van der Waals surface area contributed by atoms with Crippen molar-refractivity contribution in [2.45, 2.75) is 6.42 Å². The highest BCUT2D eigenvalue weighted by Crippen LogP contribution is 2.16. The molecule has 1 nitrogen and oxygen atoms in total. The fourth-order valence-corrected chi connectivity index (χ4v) is 1.52. The van der Waals surface area contributed by atoms with Gasteiger partial charge in [0.2, 0.25) is 0 Å². The van der Waals surface area contributed by atoms with Gasteiger partial charge in [-0.25, -0.2) is 0 Å². The van der Waals surface area contributed by atoms with E-state index < -0.39 is 0 Å². The summed E-state index contributed by atoms with van der Waals surface area (Å²) in [5.41, 5.74) is 3.18. The molecule has 1 aromatic carbocycles. The lowest BCUT2D eigenvalue weighted by Crippen LogP contribution is -2.13. The van der Waals surface area contributed by atoms with Gasteiger partial charge in [-0.3, -0.25) is 0 Å². The summed E-state index contributed by atoms with van der Waals surface area (Å²) >= 11 is 4.16. The van der Waals surface area contributed by atoms with Gasteiger partial charge in [0.15, 0.2) is 0 Å². The van der Waals surface area contributed by atoms with Crippen molar-refractivity contribution < 1.29 is 0 Å². The van der Waals surface area contributed by atoms with Gasteiger partial charge in [-0.1, -0.05) is 43.5 Å². The van der Waals surface area contributed by atoms with Crippen LogP contribution in [0.25, 0.3) is 11.8 Å². The molecule has 0 radical (unpaired) electrons. The smallest absolute Gasteiger partial charge is 0.0346 e. The largest absolute Gasteiger partial charge is 0.385 e. The van der Waals surface area contributed by atoms with E-state index in [1.807, 2.05) is 30.3 Å². The number of benzene rings is 1. The number of hydrogen-bond acceptors (Lipinski definition) is 2. The van der Waals surface area contributed by atoms with Crippen LogP contribution in [-0.2, 0) is 0 Å². The van der Waals surface area contributed by atoms with E-state index >= 15 is 0 Å². The Bertz CT molecular complexity index is 344. The van der Waals surface area contributed by atoms with E-state index in [4.69, 9.17) is 0 Å². The van der Waals surface area contributed by atoms with Crippen molar-refractivity contribution in [1.29, 1.82) is 0 Å². The van der Waals surface area contributed by atoms with Gasteiger partial charge >= 0.3 is 0 Å². The Balaban J connectivity index is 2.68. The van der Waals surface area contributed by atoms with Crippen molar-refractivity contribution in [3.63, 3.8) is 0 Å². The minimum atomic E-state index is 0.892. The summed E-state index contributed by atoms with van der Waals surface area (Å²) in [6.45, 7) is 8.72. The van der Waals surface area contributed by atoms with Crippen LogP contribution in [0.5, 0.6) is 0 Å². The van der Waals surface area contributed by atoms with Crippen LogP contribution in [0.2, 0.25) is 0 Å². The van der Waals surface area contributed by atoms with E-state index in [0.717, 1.165) is 35.5 Å². The van der Waals surface area contributed by atoms with E-state index in [9.17, 15) is 0 Å². The Morgan fingerprint density at radius 2 is 2.13 bits per heavy atom. The van der Waals surface area contributed by atoms with E-state index in [0.29, 0.717) is 0 Å². The van der Waals surface area contributed by atoms with Crippen LogP contribution in [0, 0.1) is 0 Å². The van der Waals surface area contributed by atoms with Crippen LogP contribution < -0.4 is 5.32 Å². The maximum absolute atomic E-state index is 4.16. The first-order valence-electron chi connectivity index (χ1n) is 5.05. The number of nitrogens with one attached hydrogen (secondary N) is 1. The molecular formula is C13H17NS. The molecule has 0 aliphatic heterocycles.